The largest absolute Gasteiger partial charge is 0.361 e. The van der Waals surface area contributed by atoms with Crippen LogP contribution in [0.2, 0.25) is 0 Å². The zero-order valence-corrected chi connectivity index (χ0v) is 19.6. The van der Waals surface area contributed by atoms with E-state index in [4.69, 9.17) is 4.52 Å². The lowest BCUT2D eigenvalue weighted by Crippen LogP contribution is -2.54. The smallest absolute Gasteiger partial charge is 0.230 e. The van der Waals surface area contributed by atoms with Gasteiger partial charge < -0.3 is 14.3 Å². The first kappa shape index (κ1) is 22.6. The molecule has 2 heterocycles. The van der Waals surface area contributed by atoms with Crippen molar-refractivity contribution >= 4 is 11.8 Å². The first-order valence-corrected chi connectivity index (χ1v) is 11.9. The normalized spacial score (nSPS) is 21.7. The molecule has 6 nitrogen and oxygen atoms in total. The van der Waals surface area contributed by atoms with Gasteiger partial charge in [0.05, 0.1) is 5.41 Å². The maximum atomic E-state index is 13.4. The number of hydrogen-bond acceptors (Lipinski definition) is 4. The summed E-state index contributed by atoms with van der Waals surface area (Å²) in [6.45, 7) is 3.24. The molecule has 1 aromatic carbocycles. The van der Waals surface area contributed by atoms with E-state index in [0.717, 1.165) is 43.5 Å². The van der Waals surface area contributed by atoms with Gasteiger partial charge in [0.1, 0.15) is 11.5 Å². The molecule has 1 saturated heterocycles. The number of carbonyl (C=O) groups is 2. The van der Waals surface area contributed by atoms with Gasteiger partial charge in [0, 0.05) is 51.7 Å². The van der Waals surface area contributed by atoms with Crippen molar-refractivity contribution in [2.24, 2.45) is 11.3 Å². The van der Waals surface area contributed by atoms with Gasteiger partial charge in [-0.3, -0.25) is 9.59 Å². The van der Waals surface area contributed by atoms with Crippen molar-refractivity contribution in [3.05, 3.63) is 41.7 Å². The first-order chi connectivity index (χ1) is 15.4. The van der Waals surface area contributed by atoms with Crippen molar-refractivity contribution in [3.63, 3.8) is 0 Å². The van der Waals surface area contributed by atoms with Crippen molar-refractivity contribution in [2.45, 2.75) is 58.3 Å². The maximum Gasteiger partial charge on any atom is 0.230 e. The SMILES string of the molecule is Cc1ccc(-c2cc(CC3(C(=O)N(C)C)CCCN(C(=O)CC4CCCC4)C3)on2)cc1. The van der Waals surface area contributed by atoms with Crippen LogP contribution in [0.5, 0.6) is 0 Å². The van der Waals surface area contributed by atoms with E-state index in [-0.39, 0.29) is 11.8 Å². The first-order valence-electron chi connectivity index (χ1n) is 11.9. The zero-order chi connectivity index (χ0) is 22.7. The van der Waals surface area contributed by atoms with E-state index in [1.165, 1.54) is 18.4 Å². The monoisotopic (exact) mass is 437 g/mol. The van der Waals surface area contributed by atoms with E-state index in [9.17, 15) is 9.59 Å². The molecule has 2 aliphatic rings. The maximum absolute atomic E-state index is 13.4. The van der Waals surface area contributed by atoms with E-state index in [0.29, 0.717) is 31.1 Å². The second-order valence-corrected chi connectivity index (χ2v) is 9.97. The molecule has 2 aromatic rings. The van der Waals surface area contributed by atoms with Gasteiger partial charge in [0.25, 0.3) is 0 Å². The quantitative estimate of drug-likeness (QED) is 0.669. The average Bonchev–Trinajstić information content (AvgIpc) is 3.46. The third-order valence-electron chi connectivity index (χ3n) is 7.15. The van der Waals surface area contributed by atoms with Crippen molar-refractivity contribution in [3.8, 4) is 11.3 Å². The number of nitrogens with zero attached hydrogens (tertiary/aromatic N) is 3. The Labute approximate surface area is 190 Å². The second kappa shape index (κ2) is 9.47. The summed E-state index contributed by atoms with van der Waals surface area (Å²) in [5, 5.41) is 4.26. The van der Waals surface area contributed by atoms with Gasteiger partial charge >= 0.3 is 0 Å². The predicted molar refractivity (Wildman–Crippen MR) is 124 cm³/mol. The highest BCUT2D eigenvalue weighted by Gasteiger charge is 2.45. The molecule has 2 amide bonds. The average molecular weight is 438 g/mol. The van der Waals surface area contributed by atoms with Crippen LogP contribution in [0, 0.1) is 18.3 Å². The Bertz CT molecular complexity index is 943. The Kier molecular flexibility index (Phi) is 6.68. The fourth-order valence-corrected chi connectivity index (χ4v) is 5.39. The molecule has 4 rings (SSSR count). The van der Waals surface area contributed by atoms with E-state index in [2.05, 4.69) is 24.2 Å². The van der Waals surface area contributed by atoms with Crippen LogP contribution in [0.3, 0.4) is 0 Å². The Balaban J connectivity index is 1.53. The molecule has 1 unspecified atom stereocenters. The zero-order valence-electron chi connectivity index (χ0n) is 19.6. The number of benzene rings is 1. The number of piperidine rings is 1. The molecule has 1 atom stereocenters. The minimum absolute atomic E-state index is 0.0594. The number of rotatable bonds is 6. The number of aromatic nitrogens is 1. The van der Waals surface area contributed by atoms with Crippen LogP contribution < -0.4 is 0 Å². The van der Waals surface area contributed by atoms with Gasteiger partial charge in [-0.05, 0) is 38.5 Å². The summed E-state index contributed by atoms with van der Waals surface area (Å²) in [5.41, 5.74) is 2.29. The van der Waals surface area contributed by atoms with Crippen LogP contribution in [-0.4, -0.2) is 54.0 Å². The predicted octanol–water partition coefficient (Wildman–Crippen LogP) is 4.47. The van der Waals surface area contributed by atoms with Crippen molar-refractivity contribution in [1.82, 2.24) is 15.0 Å². The third kappa shape index (κ3) is 4.89. The molecule has 1 aromatic heterocycles. The topological polar surface area (TPSA) is 66.7 Å². The van der Waals surface area contributed by atoms with E-state index in [1.54, 1.807) is 19.0 Å². The van der Waals surface area contributed by atoms with Gasteiger partial charge in [-0.1, -0.05) is 47.8 Å². The highest BCUT2D eigenvalue weighted by molar-refractivity contribution is 5.84. The molecule has 6 heteroatoms. The third-order valence-corrected chi connectivity index (χ3v) is 7.15. The summed E-state index contributed by atoms with van der Waals surface area (Å²) < 4.78 is 5.69. The minimum Gasteiger partial charge on any atom is -0.361 e. The summed E-state index contributed by atoms with van der Waals surface area (Å²) in [7, 11) is 3.59. The van der Waals surface area contributed by atoms with Crippen LogP contribution in [-0.2, 0) is 16.0 Å². The number of aryl methyl sites for hydroxylation is 1. The number of amides is 2. The van der Waals surface area contributed by atoms with Gasteiger partial charge in [0.15, 0.2) is 0 Å². The summed E-state index contributed by atoms with van der Waals surface area (Å²) >= 11 is 0. The summed E-state index contributed by atoms with van der Waals surface area (Å²) in [4.78, 5) is 30.0. The Hall–Kier alpha value is -2.63. The molecule has 1 aliphatic carbocycles. The summed E-state index contributed by atoms with van der Waals surface area (Å²) in [5.74, 6) is 1.46. The van der Waals surface area contributed by atoms with Gasteiger partial charge in [-0.15, -0.1) is 0 Å². The number of carbonyl (C=O) groups excluding carboxylic acids is 2. The standard InChI is InChI=1S/C26H35N3O3/c1-19-9-11-21(12-10-19)23-16-22(32-27-23)17-26(25(31)28(2)3)13-6-14-29(18-26)24(30)15-20-7-4-5-8-20/h9-12,16,20H,4-8,13-15,17-18H2,1-3H3. The highest BCUT2D eigenvalue weighted by Crippen LogP contribution is 2.37. The van der Waals surface area contributed by atoms with Crippen LogP contribution in [0.25, 0.3) is 11.3 Å². The molecule has 32 heavy (non-hydrogen) atoms. The molecule has 0 spiro atoms. The lowest BCUT2D eigenvalue weighted by molar-refractivity contribution is -0.147. The molecule has 0 N–H and O–H groups in total. The van der Waals surface area contributed by atoms with Crippen LogP contribution in [0.4, 0.5) is 0 Å². The van der Waals surface area contributed by atoms with Crippen molar-refractivity contribution < 1.29 is 14.1 Å². The van der Waals surface area contributed by atoms with E-state index in [1.807, 2.05) is 23.1 Å². The van der Waals surface area contributed by atoms with Crippen LogP contribution >= 0.6 is 0 Å². The molecular weight excluding hydrogens is 402 g/mol. The van der Waals surface area contributed by atoms with Crippen LogP contribution in [0.1, 0.15) is 56.3 Å². The molecule has 1 aliphatic heterocycles. The molecule has 2 fully saturated rings. The molecule has 0 radical (unpaired) electrons. The highest BCUT2D eigenvalue weighted by atomic mass is 16.5. The lowest BCUT2D eigenvalue weighted by atomic mass is 9.75. The summed E-state index contributed by atoms with van der Waals surface area (Å²) in [6, 6.07) is 10.1. The fourth-order valence-electron chi connectivity index (χ4n) is 5.39. The van der Waals surface area contributed by atoms with Crippen molar-refractivity contribution in [2.75, 3.05) is 27.2 Å². The second-order valence-electron chi connectivity index (χ2n) is 9.97. The Morgan fingerprint density at radius 3 is 2.56 bits per heavy atom. The van der Waals surface area contributed by atoms with Gasteiger partial charge in [0.2, 0.25) is 11.8 Å². The number of hydrogen-bond donors (Lipinski definition) is 0. The number of likely N-dealkylation sites (tertiary alicyclic amines) is 1. The van der Waals surface area contributed by atoms with Crippen LogP contribution in [0.15, 0.2) is 34.9 Å². The fraction of sp³-hybridized carbons (Fsp3) is 0.577. The van der Waals surface area contributed by atoms with E-state index >= 15 is 0 Å². The van der Waals surface area contributed by atoms with Gasteiger partial charge in [-0.2, -0.15) is 0 Å². The van der Waals surface area contributed by atoms with Gasteiger partial charge in [-0.25, -0.2) is 0 Å². The molecule has 0 bridgehead atoms. The van der Waals surface area contributed by atoms with Crippen molar-refractivity contribution in [1.29, 1.82) is 0 Å². The molecule has 172 valence electrons. The van der Waals surface area contributed by atoms with E-state index < -0.39 is 5.41 Å². The molecule has 1 saturated carbocycles. The summed E-state index contributed by atoms with van der Waals surface area (Å²) in [6.07, 6.45) is 7.42. The lowest BCUT2D eigenvalue weighted by Gasteiger charge is -2.42. The Morgan fingerprint density at radius 1 is 1.16 bits per heavy atom. The minimum atomic E-state index is -0.669. The molecular formula is C26H35N3O3. The Morgan fingerprint density at radius 2 is 1.88 bits per heavy atom.